The largest absolute Gasteiger partial charge is 0.399 e. The average molecular weight is 300 g/mol. The zero-order valence-corrected chi connectivity index (χ0v) is 12.7. The van der Waals surface area contributed by atoms with Crippen molar-refractivity contribution in [3.63, 3.8) is 0 Å². The number of nitrogen functional groups attached to an aromatic ring is 1. The molecular weight excluding hydrogens is 284 g/mol. The quantitative estimate of drug-likeness (QED) is 0.730. The number of anilines is 2. The number of nitrogens with zero attached hydrogens (tertiary/aromatic N) is 2. The molecule has 3 N–H and O–H groups in total. The van der Waals surface area contributed by atoms with Crippen LogP contribution in [0, 0.1) is 0 Å². The maximum absolute atomic E-state index is 12.4. The van der Waals surface area contributed by atoms with Gasteiger partial charge in [-0.2, -0.15) is 5.10 Å². The Morgan fingerprint density at radius 2 is 2.24 bits per heavy atom. The molecule has 3 aromatic rings. The summed E-state index contributed by atoms with van der Waals surface area (Å²) in [5.41, 5.74) is 8.12. The number of thiophene rings is 1. The third kappa shape index (κ3) is 2.62. The smallest absolute Gasteiger partial charge is 0.265 e. The van der Waals surface area contributed by atoms with Gasteiger partial charge in [-0.15, -0.1) is 11.3 Å². The van der Waals surface area contributed by atoms with Gasteiger partial charge in [-0.3, -0.25) is 9.48 Å². The van der Waals surface area contributed by atoms with Gasteiger partial charge in [0.25, 0.3) is 5.91 Å². The van der Waals surface area contributed by atoms with Crippen molar-refractivity contribution in [3.05, 3.63) is 41.0 Å². The van der Waals surface area contributed by atoms with Crippen molar-refractivity contribution in [2.24, 2.45) is 7.05 Å². The molecule has 0 aliphatic rings. The molecule has 0 unspecified atom stereocenters. The average Bonchev–Trinajstić information content (AvgIpc) is 3.01. The molecule has 0 bridgehead atoms. The van der Waals surface area contributed by atoms with E-state index in [1.165, 1.54) is 11.3 Å². The SMILES string of the molecule is CCc1nn(C)cc1NC(=O)c1cc2cc(N)ccc2s1. The summed E-state index contributed by atoms with van der Waals surface area (Å²) in [6, 6.07) is 7.53. The van der Waals surface area contributed by atoms with Crippen LogP contribution in [0.4, 0.5) is 11.4 Å². The summed E-state index contributed by atoms with van der Waals surface area (Å²) in [6.07, 6.45) is 2.60. The van der Waals surface area contributed by atoms with Crippen LogP contribution >= 0.6 is 11.3 Å². The van der Waals surface area contributed by atoms with E-state index >= 15 is 0 Å². The fraction of sp³-hybridized carbons (Fsp3) is 0.200. The van der Waals surface area contributed by atoms with Crippen molar-refractivity contribution in [1.29, 1.82) is 0 Å². The van der Waals surface area contributed by atoms with Gasteiger partial charge in [-0.1, -0.05) is 6.92 Å². The lowest BCUT2D eigenvalue weighted by molar-refractivity contribution is 0.103. The first-order valence-electron chi connectivity index (χ1n) is 6.69. The van der Waals surface area contributed by atoms with Gasteiger partial charge in [-0.05, 0) is 36.1 Å². The molecule has 0 saturated heterocycles. The summed E-state index contributed by atoms with van der Waals surface area (Å²) >= 11 is 1.46. The second kappa shape index (κ2) is 5.21. The second-order valence-corrected chi connectivity index (χ2v) is 5.96. The maximum Gasteiger partial charge on any atom is 0.265 e. The van der Waals surface area contributed by atoms with Crippen molar-refractivity contribution >= 4 is 38.7 Å². The first kappa shape index (κ1) is 13.6. The Hall–Kier alpha value is -2.34. The Morgan fingerprint density at radius 1 is 1.43 bits per heavy atom. The predicted molar refractivity (Wildman–Crippen MR) is 86.8 cm³/mol. The highest BCUT2D eigenvalue weighted by Crippen LogP contribution is 2.28. The molecule has 108 valence electrons. The van der Waals surface area contributed by atoms with Crippen LogP contribution < -0.4 is 11.1 Å². The molecular formula is C15H16N4OS. The molecule has 0 atom stereocenters. The molecule has 2 aromatic heterocycles. The first-order valence-corrected chi connectivity index (χ1v) is 7.51. The standard InChI is InChI=1S/C15H16N4OS/c1-3-11-12(8-19(2)18-11)17-15(20)14-7-9-6-10(16)4-5-13(9)21-14/h4-8H,3,16H2,1-2H3,(H,17,20). The highest BCUT2D eigenvalue weighted by atomic mass is 32.1. The van der Waals surface area contributed by atoms with Crippen LogP contribution in [0.2, 0.25) is 0 Å². The highest BCUT2D eigenvalue weighted by molar-refractivity contribution is 7.20. The van der Waals surface area contributed by atoms with Crippen molar-refractivity contribution < 1.29 is 4.79 Å². The number of aryl methyl sites for hydroxylation is 2. The van der Waals surface area contributed by atoms with E-state index in [4.69, 9.17) is 5.73 Å². The molecule has 1 amide bonds. The van der Waals surface area contributed by atoms with Gasteiger partial charge in [0.1, 0.15) is 0 Å². The van der Waals surface area contributed by atoms with E-state index in [2.05, 4.69) is 10.4 Å². The fourth-order valence-electron chi connectivity index (χ4n) is 2.26. The van der Waals surface area contributed by atoms with E-state index in [-0.39, 0.29) is 5.91 Å². The Kier molecular flexibility index (Phi) is 3.39. The van der Waals surface area contributed by atoms with E-state index in [0.717, 1.165) is 27.9 Å². The maximum atomic E-state index is 12.4. The summed E-state index contributed by atoms with van der Waals surface area (Å²) in [7, 11) is 1.84. The minimum Gasteiger partial charge on any atom is -0.399 e. The van der Waals surface area contributed by atoms with E-state index < -0.39 is 0 Å². The minimum atomic E-state index is -0.113. The van der Waals surface area contributed by atoms with Crippen LogP contribution in [0.3, 0.4) is 0 Å². The van der Waals surface area contributed by atoms with E-state index in [1.807, 2.05) is 44.4 Å². The van der Waals surface area contributed by atoms with Crippen LogP contribution in [0.5, 0.6) is 0 Å². The number of rotatable bonds is 3. The number of nitrogens with two attached hydrogens (primary N) is 1. The zero-order chi connectivity index (χ0) is 15.0. The Labute approximate surface area is 126 Å². The third-order valence-electron chi connectivity index (χ3n) is 3.25. The number of fused-ring (bicyclic) bond motifs is 1. The Balaban J connectivity index is 1.89. The van der Waals surface area contributed by atoms with Gasteiger partial charge in [-0.25, -0.2) is 0 Å². The lowest BCUT2D eigenvalue weighted by Crippen LogP contribution is -2.10. The van der Waals surface area contributed by atoms with E-state index in [0.29, 0.717) is 10.6 Å². The van der Waals surface area contributed by atoms with Crippen LogP contribution in [-0.4, -0.2) is 15.7 Å². The highest BCUT2D eigenvalue weighted by Gasteiger charge is 2.14. The molecule has 0 saturated carbocycles. The first-order chi connectivity index (χ1) is 10.1. The van der Waals surface area contributed by atoms with Crippen LogP contribution in [-0.2, 0) is 13.5 Å². The molecule has 2 heterocycles. The molecule has 0 aliphatic carbocycles. The molecule has 21 heavy (non-hydrogen) atoms. The topological polar surface area (TPSA) is 72.9 Å². The molecule has 0 radical (unpaired) electrons. The van der Waals surface area contributed by atoms with Gasteiger partial charge in [0.15, 0.2) is 0 Å². The minimum absolute atomic E-state index is 0.113. The Bertz CT molecular complexity index is 818. The number of carbonyl (C=O) groups is 1. The Morgan fingerprint density at radius 3 is 3.00 bits per heavy atom. The lowest BCUT2D eigenvalue weighted by atomic mass is 10.2. The number of hydrogen-bond acceptors (Lipinski definition) is 4. The third-order valence-corrected chi connectivity index (χ3v) is 4.37. The fourth-order valence-corrected chi connectivity index (χ4v) is 3.20. The summed E-state index contributed by atoms with van der Waals surface area (Å²) in [4.78, 5) is 13.0. The van der Waals surface area contributed by atoms with Gasteiger partial charge < -0.3 is 11.1 Å². The van der Waals surface area contributed by atoms with Gasteiger partial charge in [0.2, 0.25) is 0 Å². The van der Waals surface area contributed by atoms with Gasteiger partial charge >= 0.3 is 0 Å². The normalized spacial score (nSPS) is 11.0. The number of benzene rings is 1. The molecule has 1 aromatic carbocycles. The number of amides is 1. The van der Waals surface area contributed by atoms with Crippen LogP contribution in [0.1, 0.15) is 22.3 Å². The summed E-state index contributed by atoms with van der Waals surface area (Å²) in [5.74, 6) is -0.113. The van der Waals surface area contributed by atoms with Crippen LogP contribution in [0.15, 0.2) is 30.5 Å². The summed E-state index contributed by atoms with van der Waals surface area (Å²) in [6.45, 7) is 2.01. The van der Waals surface area contributed by atoms with E-state index in [1.54, 1.807) is 4.68 Å². The van der Waals surface area contributed by atoms with E-state index in [9.17, 15) is 4.79 Å². The van der Waals surface area contributed by atoms with Gasteiger partial charge in [0.05, 0.1) is 16.3 Å². The summed E-state index contributed by atoms with van der Waals surface area (Å²) in [5, 5.41) is 8.24. The van der Waals surface area contributed by atoms with Gasteiger partial charge in [0, 0.05) is 23.6 Å². The molecule has 0 fully saturated rings. The second-order valence-electron chi connectivity index (χ2n) is 4.88. The monoisotopic (exact) mass is 300 g/mol. The molecule has 0 aliphatic heterocycles. The molecule has 6 heteroatoms. The predicted octanol–water partition coefficient (Wildman–Crippen LogP) is 3.03. The summed E-state index contributed by atoms with van der Waals surface area (Å²) < 4.78 is 2.76. The zero-order valence-electron chi connectivity index (χ0n) is 11.9. The molecule has 5 nitrogen and oxygen atoms in total. The van der Waals surface area contributed by atoms with Crippen molar-refractivity contribution in [2.45, 2.75) is 13.3 Å². The van der Waals surface area contributed by atoms with Crippen molar-refractivity contribution in [3.8, 4) is 0 Å². The lowest BCUT2D eigenvalue weighted by Gasteiger charge is -2.01. The van der Waals surface area contributed by atoms with Crippen molar-refractivity contribution in [2.75, 3.05) is 11.1 Å². The number of nitrogens with one attached hydrogen (secondary N) is 1. The molecule has 0 spiro atoms. The van der Waals surface area contributed by atoms with Crippen LogP contribution in [0.25, 0.3) is 10.1 Å². The number of hydrogen-bond donors (Lipinski definition) is 2. The number of aromatic nitrogens is 2. The molecule has 3 rings (SSSR count). The van der Waals surface area contributed by atoms with Crippen molar-refractivity contribution in [1.82, 2.24) is 9.78 Å². The number of carbonyl (C=O) groups excluding carboxylic acids is 1.